The Balaban J connectivity index is 1.66. The molecule has 0 spiro atoms. The summed E-state index contributed by atoms with van der Waals surface area (Å²) >= 11 is 0. The predicted octanol–water partition coefficient (Wildman–Crippen LogP) is 1.11. The standard InChI is InChI=1S/C13H18N6/c1-9-17-12(16-6-10-2-3-14-5-10)4-13(18-9)19-11-7-15-8-11/h2-5,11,14-15H,6-8H2,1H3,(H2,16,17,18,19). The summed E-state index contributed by atoms with van der Waals surface area (Å²) in [6, 6.07) is 4.48. The van der Waals surface area contributed by atoms with Gasteiger partial charge < -0.3 is 20.9 Å². The van der Waals surface area contributed by atoms with Crippen molar-refractivity contribution in [3.8, 4) is 0 Å². The molecule has 2 aromatic heterocycles. The molecule has 0 radical (unpaired) electrons. The van der Waals surface area contributed by atoms with Gasteiger partial charge in [0.1, 0.15) is 17.5 Å². The van der Waals surface area contributed by atoms with Gasteiger partial charge in [-0.25, -0.2) is 9.97 Å². The fraction of sp³-hybridized carbons (Fsp3) is 0.385. The Morgan fingerprint density at radius 3 is 2.84 bits per heavy atom. The number of aromatic nitrogens is 3. The SMILES string of the molecule is Cc1nc(NCc2cc[nH]c2)cc(NC2CNC2)n1. The summed E-state index contributed by atoms with van der Waals surface area (Å²) < 4.78 is 0. The van der Waals surface area contributed by atoms with Crippen molar-refractivity contribution in [3.05, 3.63) is 35.9 Å². The van der Waals surface area contributed by atoms with Gasteiger partial charge in [-0.3, -0.25) is 0 Å². The van der Waals surface area contributed by atoms with Crippen molar-refractivity contribution >= 4 is 11.6 Å². The van der Waals surface area contributed by atoms with E-state index in [4.69, 9.17) is 0 Å². The van der Waals surface area contributed by atoms with Crippen LogP contribution in [-0.2, 0) is 6.54 Å². The molecule has 1 saturated heterocycles. The molecule has 19 heavy (non-hydrogen) atoms. The fourth-order valence-corrected chi connectivity index (χ4v) is 1.99. The van der Waals surface area contributed by atoms with Crippen molar-refractivity contribution in [2.75, 3.05) is 23.7 Å². The van der Waals surface area contributed by atoms with Gasteiger partial charge in [-0.2, -0.15) is 0 Å². The van der Waals surface area contributed by atoms with E-state index in [2.05, 4.69) is 30.9 Å². The monoisotopic (exact) mass is 258 g/mol. The smallest absolute Gasteiger partial charge is 0.132 e. The Hall–Kier alpha value is -2.08. The Morgan fingerprint density at radius 2 is 2.16 bits per heavy atom. The molecule has 4 N–H and O–H groups in total. The number of rotatable bonds is 5. The first-order valence-electron chi connectivity index (χ1n) is 6.48. The molecule has 0 saturated carbocycles. The molecule has 0 unspecified atom stereocenters. The highest BCUT2D eigenvalue weighted by Gasteiger charge is 2.16. The third-order valence-corrected chi connectivity index (χ3v) is 3.11. The van der Waals surface area contributed by atoms with Crippen LogP contribution in [0.25, 0.3) is 0 Å². The molecule has 2 aromatic rings. The van der Waals surface area contributed by atoms with Crippen LogP contribution in [0.2, 0.25) is 0 Å². The van der Waals surface area contributed by atoms with Gasteiger partial charge in [0.2, 0.25) is 0 Å². The largest absolute Gasteiger partial charge is 0.367 e. The molecule has 3 heterocycles. The van der Waals surface area contributed by atoms with Crippen LogP contribution >= 0.6 is 0 Å². The highest BCUT2D eigenvalue weighted by Crippen LogP contribution is 2.14. The van der Waals surface area contributed by atoms with E-state index >= 15 is 0 Å². The van der Waals surface area contributed by atoms with Crippen LogP contribution in [0.1, 0.15) is 11.4 Å². The zero-order valence-electron chi connectivity index (χ0n) is 10.9. The number of nitrogens with zero attached hydrogens (tertiary/aromatic N) is 2. The lowest BCUT2D eigenvalue weighted by molar-refractivity contribution is 0.471. The van der Waals surface area contributed by atoms with Crippen LogP contribution in [0, 0.1) is 6.92 Å². The number of anilines is 2. The minimum absolute atomic E-state index is 0.479. The average molecular weight is 258 g/mol. The van der Waals surface area contributed by atoms with Crippen LogP contribution in [0.15, 0.2) is 24.5 Å². The van der Waals surface area contributed by atoms with E-state index in [-0.39, 0.29) is 0 Å². The molecule has 1 aliphatic rings. The zero-order valence-corrected chi connectivity index (χ0v) is 10.9. The van der Waals surface area contributed by atoms with E-state index in [0.29, 0.717) is 6.04 Å². The van der Waals surface area contributed by atoms with Gasteiger partial charge >= 0.3 is 0 Å². The molecule has 1 fully saturated rings. The summed E-state index contributed by atoms with van der Waals surface area (Å²) in [6.07, 6.45) is 3.89. The number of H-pyrrole nitrogens is 1. The van der Waals surface area contributed by atoms with Gasteiger partial charge in [0.05, 0.1) is 6.04 Å². The maximum Gasteiger partial charge on any atom is 0.132 e. The van der Waals surface area contributed by atoms with E-state index < -0.39 is 0 Å². The van der Waals surface area contributed by atoms with E-state index in [9.17, 15) is 0 Å². The molecule has 3 rings (SSSR count). The van der Waals surface area contributed by atoms with Gasteiger partial charge in [0.25, 0.3) is 0 Å². The van der Waals surface area contributed by atoms with Crippen LogP contribution in [0.3, 0.4) is 0 Å². The van der Waals surface area contributed by atoms with Crippen LogP contribution in [0.5, 0.6) is 0 Å². The summed E-state index contributed by atoms with van der Waals surface area (Å²) in [5.74, 6) is 2.51. The molecule has 0 aromatic carbocycles. The lowest BCUT2D eigenvalue weighted by Gasteiger charge is -2.28. The molecule has 1 aliphatic heterocycles. The minimum atomic E-state index is 0.479. The first-order chi connectivity index (χ1) is 9.29. The lowest BCUT2D eigenvalue weighted by atomic mass is 10.2. The summed E-state index contributed by atoms with van der Waals surface area (Å²) in [5, 5.41) is 9.93. The molecule has 6 heteroatoms. The van der Waals surface area contributed by atoms with Gasteiger partial charge in [-0.1, -0.05) is 0 Å². The van der Waals surface area contributed by atoms with Crippen LogP contribution < -0.4 is 16.0 Å². The van der Waals surface area contributed by atoms with Crippen molar-refractivity contribution in [1.29, 1.82) is 0 Å². The first kappa shape index (κ1) is 12.0. The predicted molar refractivity (Wildman–Crippen MR) is 75.2 cm³/mol. The quantitative estimate of drug-likeness (QED) is 0.646. The maximum atomic E-state index is 4.40. The van der Waals surface area contributed by atoms with Crippen molar-refractivity contribution in [2.24, 2.45) is 0 Å². The molecule has 100 valence electrons. The molecular weight excluding hydrogens is 240 g/mol. The van der Waals surface area contributed by atoms with Crippen LogP contribution in [-0.4, -0.2) is 34.1 Å². The maximum absolute atomic E-state index is 4.40. The normalized spacial score (nSPS) is 15.0. The zero-order chi connectivity index (χ0) is 13.1. The molecular formula is C13H18N6. The van der Waals surface area contributed by atoms with Crippen molar-refractivity contribution in [1.82, 2.24) is 20.3 Å². The molecule has 0 atom stereocenters. The molecule has 0 bridgehead atoms. The number of hydrogen-bond acceptors (Lipinski definition) is 5. The molecule has 0 aliphatic carbocycles. The third-order valence-electron chi connectivity index (χ3n) is 3.11. The topological polar surface area (TPSA) is 77.7 Å². The molecule has 6 nitrogen and oxygen atoms in total. The second-order valence-electron chi connectivity index (χ2n) is 4.76. The lowest BCUT2D eigenvalue weighted by Crippen LogP contribution is -2.51. The molecule has 0 amide bonds. The summed E-state index contributed by atoms with van der Waals surface area (Å²) in [5.41, 5.74) is 1.20. The second-order valence-corrected chi connectivity index (χ2v) is 4.76. The van der Waals surface area contributed by atoms with Crippen molar-refractivity contribution in [2.45, 2.75) is 19.5 Å². The number of nitrogens with one attached hydrogen (secondary N) is 4. The third kappa shape index (κ3) is 3.03. The van der Waals surface area contributed by atoms with Gasteiger partial charge in [-0.15, -0.1) is 0 Å². The van der Waals surface area contributed by atoms with Crippen LogP contribution in [0.4, 0.5) is 11.6 Å². The van der Waals surface area contributed by atoms with E-state index in [1.165, 1.54) is 5.56 Å². The summed E-state index contributed by atoms with van der Waals surface area (Å²) in [6.45, 7) is 4.65. The Morgan fingerprint density at radius 1 is 1.32 bits per heavy atom. The summed E-state index contributed by atoms with van der Waals surface area (Å²) in [7, 11) is 0. The van der Waals surface area contributed by atoms with E-state index in [1.807, 2.05) is 31.5 Å². The summed E-state index contributed by atoms with van der Waals surface area (Å²) in [4.78, 5) is 11.8. The van der Waals surface area contributed by atoms with Gasteiger partial charge in [0, 0.05) is 38.1 Å². The number of aromatic amines is 1. The van der Waals surface area contributed by atoms with Crippen molar-refractivity contribution in [3.63, 3.8) is 0 Å². The highest BCUT2D eigenvalue weighted by atomic mass is 15.1. The van der Waals surface area contributed by atoms with Gasteiger partial charge in [0.15, 0.2) is 0 Å². The minimum Gasteiger partial charge on any atom is -0.367 e. The average Bonchev–Trinajstić information content (AvgIpc) is 2.84. The first-order valence-corrected chi connectivity index (χ1v) is 6.48. The van der Waals surface area contributed by atoms with Crippen molar-refractivity contribution < 1.29 is 0 Å². The van der Waals surface area contributed by atoms with Gasteiger partial charge in [-0.05, 0) is 18.6 Å². The van der Waals surface area contributed by atoms with E-state index in [0.717, 1.165) is 37.1 Å². The number of aryl methyl sites for hydroxylation is 1. The Labute approximate surface area is 112 Å². The second kappa shape index (κ2) is 5.27. The Kier molecular flexibility index (Phi) is 3.33. The highest BCUT2D eigenvalue weighted by molar-refractivity contribution is 5.48. The Bertz CT molecular complexity index is 532. The number of hydrogen-bond donors (Lipinski definition) is 4. The fourth-order valence-electron chi connectivity index (χ4n) is 1.99. The van der Waals surface area contributed by atoms with E-state index in [1.54, 1.807) is 0 Å².